The maximum atomic E-state index is 4.88. The molecule has 1 aromatic heterocycles. The normalized spacial score (nSPS) is 13.0. The van der Waals surface area contributed by atoms with E-state index in [1.165, 1.54) is 0 Å². The van der Waals surface area contributed by atoms with E-state index in [4.69, 9.17) is 4.52 Å². The third kappa shape index (κ3) is 1.23. The molecule has 1 rings (SSSR count). The van der Waals surface area contributed by atoms with Gasteiger partial charge in [-0.2, -0.15) is 4.98 Å². The molecule has 0 bridgehead atoms. The Labute approximate surface area is 59.8 Å². The summed E-state index contributed by atoms with van der Waals surface area (Å²) in [5.41, 5.74) is 0. The maximum absolute atomic E-state index is 4.88. The molecule has 0 aromatic carbocycles. The van der Waals surface area contributed by atoms with Crippen LogP contribution in [0.1, 0.15) is 24.6 Å². The summed E-state index contributed by atoms with van der Waals surface area (Å²) in [7, 11) is 0. The van der Waals surface area contributed by atoms with Crippen molar-refractivity contribution < 1.29 is 4.52 Å². The van der Waals surface area contributed by atoms with Gasteiger partial charge < -0.3 is 4.52 Å². The molecule has 10 heavy (non-hydrogen) atoms. The maximum Gasteiger partial charge on any atom is 0.233 e. The van der Waals surface area contributed by atoms with Gasteiger partial charge >= 0.3 is 0 Å². The van der Waals surface area contributed by atoms with Crippen molar-refractivity contribution in [3.8, 4) is 0 Å². The zero-order valence-electron chi connectivity index (χ0n) is 6.16. The molecule has 0 saturated carbocycles. The number of allylic oxidation sites excluding steroid dienone is 1. The van der Waals surface area contributed by atoms with Crippen molar-refractivity contribution in [2.45, 2.75) is 19.8 Å². The molecule has 0 aliphatic heterocycles. The average molecular weight is 138 g/mol. The van der Waals surface area contributed by atoms with E-state index in [9.17, 15) is 0 Å². The molecule has 0 spiro atoms. The van der Waals surface area contributed by atoms with E-state index in [1.54, 1.807) is 13.0 Å². The number of aryl methyl sites for hydroxylation is 1. The second-order valence-corrected chi connectivity index (χ2v) is 2.20. The van der Waals surface area contributed by atoms with Crippen LogP contribution in [-0.4, -0.2) is 10.1 Å². The number of aromatic nitrogens is 2. The van der Waals surface area contributed by atoms with Crippen LogP contribution in [-0.2, 0) is 0 Å². The van der Waals surface area contributed by atoms with Crippen molar-refractivity contribution >= 4 is 0 Å². The summed E-state index contributed by atoms with van der Waals surface area (Å²) in [6.45, 7) is 7.37. The van der Waals surface area contributed by atoms with Crippen LogP contribution in [0.5, 0.6) is 0 Å². The molecule has 3 nitrogen and oxygen atoms in total. The molecule has 1 atom stereocenters. The highest BCUT2D eigenvalue weighted by Gasteiger charge is 2.07. The van der Waals surface area contributed by atoms with Crippen LogP contribution in [0, 0.1) is 6.92 Å². The van der Waals surface area contributed by atoms with E-state index >= 15 is 0 Å². The number of nitrogens with zero attached hydrogens (tertiary/aromatic N) is 2. The van der Waals surface area contributed by atoms with Crippen molar-refractivity contribution in [1.29, 1.82) is 0 Å². The van der Waals surface area contributed by atoms with Gasteiger partial charge in [-0.15, -0.1) is 6.58 Å². The van der Waals surface area contributed by atoms with Gasteiger partial charge in [0, 0.05) is 0 Å². The minimum atomic E-state index is 0.154. The molecule has 3 heteroatoms. The van der Waals surface area contributed by atoms with Gasteiger partial charge in [0.2, 0.25) is 5.89 Å². The van der Waals surface area contributed by atoms with Crippen molar-refractivity contribution in [3.05, 3.63) is 24.4 Å². The fourth-order valence-corrected chi connectivity index (χ4v) is 0.599. The Bertz CT molecular complexity index is 229. The lowest BCUT2D eigenvalue weighted by Crippen LogP contribution is -1.87. The Hall–Kier alpha value is -1.12. The Balaban J connectivity index is 2.84. The van der Waals surface area contributed by atoms with Crippen molar-refractivity contribution in [2.24, 2.45) is 0 Å². The van der Waals surface area contributed by atoms with Crippen LogP contribution in [0.25, 0.3) is 0 Å². The summed E-state index contributed by atoms with van der Waals surface area (Å²) < 4.78 is 4.88. The summed E-state index contributed by atoms with van der Waals surface area (Å²) in [5.74, 6) is 1.46. The highest BCUT2D eigenvalue weighted by molar-refractivity contribution is 4.99. The lowest BCUT2D eigenvalue weighted by atomic mass is 10.2. The average Bonchev–Trinajstić information content (AvgIpc) is 2.34. The van der Waals surface area contributed by atoms with Gasteiger partial charge in [-0.05, 0) is 6.92 Å². The van der Waals surface area contributed by atoms with E-state index in [-0.39, 0.29) is 5.92 Å². The van der Waals surface area contributed by atoms with Gasteiger partial charge in [-0.3, -0.25) is 0 Å². The van der Waals surface area contributed by atoms with E-state index in [1.807, 2.05) is 6.92 Å². The van der Waals surface area contributed by atoms with Crippen LogP contribution in [0.4, 0.5) is 0 Å². The third-order valence-corrected chi connectivity index (χ3v) is 1.29. The topological polar surface area (TPSA) is 38.9 Å². The standard InChI is InChI=1S/C7H10N2O/c1-4-5(2)7-8-6(3)9-10-7/h4-5H,1H2,2-3H3. The molecule has 1 unspecified atom stereocenters. The monoisotopic (exact) mass is 138 g/mol. The molecule has 1 aromatic rings. The van der Waals surface area contributed by atoms with Gasteiger partial charge in [0.1, 0.15) is 0 Å². The van der Waals surface area contributed by atoms with Crippen molar-refractivity contribution in [3.63, 3.8) is 0 Å². The van der Waals surface area contributed by atoms with Crippen LogP contribution in [0.2, 0.25) is 0 Å². The van der Waals surface area contributed by atoms with Gasteiger partial charge in [-0.25, -0.2) is 0 Å². The molecule has 0 aliphatic carbocycles. The van der Waals surface area contributed by atoms with E-state index < -0.39 is 0 Å². The SMILES string of the molecule is C=CC(C)c1nc(C)no1. The quantitative estimate of drug-likeness (QED) is 0.583. The molecular formula is C7H10N2O. The Kier molecular flexibility index (Phi) is 1.85. The fraction of sp³-hybridized carbons (Fsp3) is 0.429. The third-order valence-electron chi connectivity index (χ3n) is 1.29. The first-order valence-corrected chi connectivity index (χ1v) is 3.17. The van der Waals surface area contributed by atoms with E-state index in [0.717, 1.165) is 0 Å². The molecule has 0 N–H and O–H groups in total. The van der Waals surface area contributed by atoms with Gasteiger partial charge in [0.05, 0.1) is 5.92 Å². The highest BCUT2D eigenvalue weighted by atomic mass is 16.5. The minimum Gasteiger partial charge on any atom is -0.339 e. The van der Waals surface area contributed by atoms with Crippen molar-refractivity contribution in [2.75, 3.05) is 0 Å². The molecule has 0 fully saturated rings. The molecule has 1 heterocycles. The summed E-state index contributed by atoms with van der Waals surface area (Å²) in [5, 5.41) is 3.65. The lowest BCUT2D eigenvalue weighted by Gasteiger charge is -1.93. The largest absolute Gasteiger partial charge is 0.339 e. The predicted octanol–water partition coefficient (Wildman–Crippen LogP) is 1.67. The summed E-state index contributed by atoms with van der Waals surface area (Å²) in [6, 6.07) is 0. The minimum absolute atomic E-state index is 0.154. The molecule has 0 amide bonds. The second-order valence-electron chi connectivity index (χ2n) is 2.20. The van der Waals surface area contributed by atoms with Crippen LogP contribution in [0.3, 0.4) is 0 Å². The van der Waals surface area contributed by atoms with Gasteiger partial charge in [0.15, 0.2) is 5.82 Å². The Morgan fingerprint density at radius 1 is 1.70 bits per heavy atom. The lowest BCUT2D eigenvalue weighted by molar-refractivity contribution is 0.369. The molecule has 0 aliphatic rings. The second kappa shape index (κ2) is 2.64. The zero-order chi connectivity index (χ0) is 7.56. The summed E-state index contributed by atoms with van der Waals surface area (Å²) in [6.07, 6.45) is 1.77. The number of hydrogen-bond acceptors (Lipinski definition) is 3. The molecule has 54 valence electrons. The highest BCUT2D eigenvalue weighted by Crippen LogP contribution is 2.12. The zero-order valence-corrected chi connectivity index (χ0v) is 6.16. The van der Waals surface area contributed by atoms with E-state index in [2.05, 4.69) is 16.7 Å². The molecule has 0 radical (unpaired) electrons. The fourth-order valence-electron chi connectivity index (χ4n) is 0.599. The first kappa shape index (κ1) is 6.99. The van der Waals surface area contributed by atoms with Gasteiger partial charge in [0.25, 0.3) is 0 Å². The van der Waals surface area contributed by atoms with Gasteiger partial charge in [-0.1, -0.05) is 18.2 Å². The van der Waals surface area contributed by atoms with Crippen LogP contribution < -0.4 is 0 Å². The molecular weight excluding hydrogens is 128 g/mol. The predicted molar refractivity (Wildman–Crippen MR) is 37.6 cm³/mol. The van der Waals surface area contributed by atoms with Crippen LogP contribution in [0.15, 0.2) is 17.2 Å². The summed E-state index contributed by atoms with van der Waals surface area (Å²) >= 11 is 0. The Morgan fingerprint density at radius 2 is 2.40 bits per heavy atom. The van der Waals surface area contributed by atoms with Crippen molar-refractivity contribution in [1.82, 2.24) is 10.1 Å². The Morgan fingerprint density at radius 3 is 2.80 bits per heavy atom. The smallest absolute Gasteiger partial charge is 0.233 e. The number of rotatable bonds is 2. The van der Waals surface area contributed by atoms with Crippen LogP contribution >= 0.6 is 0 Å². The summed E-state index contributed by atoms with van der Waals surface area (Å²) in [4.78, 5) is 4.03. The first-order chi connectivity index (χ1) is 4.74. The molecule has 0 saturated heterocycles. The first-order valence-electron chi connectivity index (χ1n) is 3.17. The number of hydrogen-bond donors (Lipinski definition) is 0. The van der Waals surface area contributed by atoms with E-state index in [0.29, 0.717) is 11.7 Å².